The third-order valence-corrected chi connectivity index (χ3v) is 5.28. The zero-order valence-corrected chi connectivity index (χ0v) is 16.5. The van der Waals surface area contributed by atoms with Gasteiger partial charge in [0.1, 0.15) is 0 Å². The monoisotopic (exact) mass is 373 g/mol. The third-order valence-electron chi connectivity index (χ3n) is 5.28. The summed E-state index contributed by atoms with van der Waals surface area (Å²) in [5.41, 5.74) is 6.37. The first-order valence-electron chi connectivity index (χ1n) is 9.81. The molecule has 0 aliphatic carbocycles. The Balaban J connectivity index is 1.28. The van der Waals surface area contributed by atoms with Crippen molar-refractivity contribution < 1.29 is 0 Å². The molecule has 0 fully saturated rings. The molecule has 5 heteroatoms. The maximum atomic E-state index is 4.34. The number of aryl methyl sites for hydroxylation is 1. The van der Waals surface area contributed by atoms with E-state index in [1.807, 2.05) is 7.05 Å². The number of para-hydroxylation sites is 2. The molecular weight excluding hydrogens is 346 g/mol. The Bertz CT molecular complexity index is 1100. The molecular formula is C23H27N5. The first-order chi connectivity index (χ1) is 13.8. The van der Waals surface area contributed by atoms with Crippen LogP contribution in [0.5, 0.6) is 0 Å². The summed E-state index contributed by atoms with van der Waals surface area (Å²) in [6.07, 6.45) is 6.12. The number of aromatic nitrogens is 2. The van der Waals surface area contributed by atoms with Gasteiger partial charge in [0.05, 0.1) is 0 Å². The summed E-state index contributed by atoms with van der Waals surface area (Å²) in [4.78, 5) is 11.1. The van der Waals surface area contributed by atoms with Gasteiger partial charge in [-0.3, -0.25) is 4.99 Å². The molecule has 0 spiro atoms. The molecule has 0 unspecified atom stereocenters. The van der Waals surface area contributed by atoms with Crippen LogP contribution in [0.15, 0.2) is 59.9 Å². The van der Waals surface area contributed by atoms with Crippen molar-refractivity contribution in [2.75, 3.05) is 20.1 Å². The van der Waals surface area contributed by atoms with Gasteiger partial charge in [-0.1, -0.05) is 36.4 Å². The number of hydrogen-bond acceptors (Lipinski definition) is 1. The van der Waals surface area contributed by atoms with Crippen molar-refractivity contribution in [3.05, 3.63) is 71.5 Å². The van der Waals surface area contributed by atoms with E-state index in [1.165, 1.54) is 38.5 Å². The van der Waals surface area contributed by atoms with Crippen LogP contribution in [0.1, 0.15) is 16.7 Å². The molecule has 0 saturated carbocycles. The molecule has 4 rings (SSSR count). The Kier molecular flexibility index (Phi) is 5.33. The number of nitrogens with zero attached hydrogens (tertiary/aromatic N) is 1. The molecule has 144 valence electrons. The number of rotatable bonds is 6. The van der Waals surface area contributed by atoms with E-state index >= 15 is 0 Å². The van der Waals surface area contributed by atoms with Gasteiger partial charge in [0, 0.05) is 54.3 Å². The standard InChI is InChI=1S/C23H27N5/c1-16-6-5-8-20-18(15-28-22(16)20)11-13-26-23(24-2)25-12-10-17-14-27-21-9-4-3-7-19(17)21/h3-9,14-15,27-28H,10-13H2,1-2H3,(H2,24,25,26). The molecule has 0 saturated heterocycles. The molecule has 0 aliphatic rings. The molecule has 2 aromatic carbocycles. The summed E-state index contributed by atoms with van der Waals surface area (Å²) in [6.45, 7) is 3.82. The number of H-pyrrole nitrogens is 2. The lowest BCUT2D eigenvalue weighted by molar-refractivity contribution is 0.787. The maximum Gasteiger partial charge on any atom is 0.190 e. The number of fused-ring (bicyclic) bond motifs is 2. The van der Waals surface area contributed by atoms with Crippen LogP contribution in [0.4, 0.5) is 0 Å². The normalized spacial score (nSPS) is 12.0. The quantitative estimate of drug-likeness (QED) is 0.306. The second-order valence-corrected chi connectivity index (χ2v) is 7.10. The highest BCUT2D eigenvalue weighted by Gasteiger charge is 2.06. The van der Waals surface area contributed by atoms with E-state index in [4.69, 9.17) is 0 Å². The Labute approximate surface area is 165 Å². The van der Waals surface area contributed by atoms with Crippen LogP contribution in [0.25, 0.3) is 21.8 Å². The van der Waals surface area contributed by atoms with Gasteiger partial charge in [0.15, 0.2) is 5.96 Å². The largest absolute Gasteiger partial charge is 0.361 e. The van der Waals surface area contributed by atoms with Crippen molar-refractivity contribution >= 4 is 27.8 Å². The van der Waals surface area contributed by atoms with Gasteiger partial charge in [-0.15, -0.1) is 0 Å². The molecule has 0 aliphatic heterocycles. The highest BCUT2D eigenvalue weighted by Crippen LogP contribution is 2.21. The smallest absolute Gasteiger partial charge is 0.190 e. The van der Waals surface area contributed by atoms with Gasteiger partial charge in [-0.05, 0) is 42.5 Å². The topological polar surface area (TPSA) is 68.0 Å². The molecule has 0 amide bonds. The molecule has 0 atom stereocenters. The summed E-state index contributed by atoms with van der Waals surface area (Å²) in [6, 6.07) is 14.9. The highest BCUT2D eigenvalue weighted by atomic mass is 15.2. The lowest BCUT2D eigenvalue weighted by Crippen LogP contribution is -2.39. The van der Waals surface area contributed by atoms with Crippen molar-refractivity contribution in [1.82, 2.24) is 20.6 Å². The van der Waals surface area contributed by atoms with E-state index in [-0.39, 0.29) is 0 Å². The molecule has 0 radical (unpaired) electrons. The van der Waals surface area contributed by atoms with E-state index in [1.54, 1.807) is 0 Å². The fourth-order valence-corrected chi connectivity index (χ4v) is 3.76. The first-order valence-corrected chi connectivity index (χ1v) is 9.81. The predicted octanol–water partition coefficient (Wildman–Crippen LogP) is 3.91. The average molecular weight is 374 g/mol. The Morgan fingerprint density at radius 2 is 1.54 bits per heavy atom. The van der Waals surface area contributed by atoms with Gasteiger partial charge in [-0.2, -0.15) is 0 Å². The van der Waals surface area contributed by atoms with Crippen LogP contribution < -0.4 is 10.6 Å². The summed E-state index contributed by atoms with van der Waals surface area (Å²) in [7, 11) is 1.82. The molecule has 4 N–H and O–H groups in total. The number of aromatic amines is 2. The van der Waals surface area contributed by atoms with Gasteiger partial charge >= 0.3 is 0 Å². The van der Waals surface area contributed by atoms with Gasteiger partial charge in [0.25, 0.3) is 0 Å². The summed E-state index contributed by atoms with van der Waals surface area (Å²) < 4.78 is 0. The SMILES string of the molecule is CN=C(NCCc1c[nH]c2ccccc12)NCCc1c[nH]c2c(C)cccc12. The maximum absolute atomic E-state index is 4.34. The van der Waals surface area contributed by atoms with E-state index < -0.39 is 0 Å². The molecule has 4 aromatic rings. The molecule has 2 heterocycles. The third kappa shape index (κ3) is 3.74. The minimum Gasteiger partial charge on any atom is -0.361 e. The van der Waals surface area contributed by atoms with Crippen LogP contribution >= 0.6 is 0 Å². The second kappa shape index (κ2) is 8.21. The zero-order valence-electron chi connectivity index (χ0n) is 16.5. The fourth-order valence-electron chi connectivity index (χ4n) is 3.76. The molecule has 28 heavy (non-hydrogen) atoms. The Morgan fingerprint density at radius 1 is 0.857 bits per heavy atom. The van der Waals surface area contributed by atoms with Crippen molar-refractivity contribution in [2.45, 2.75) is 19.8 Å². The first kappa shape index (κ1) is 18.2. The van der Waals surface area contributed by atoms with Crippen LogP contribution in [-0.2, 0) is 12.8 Å². The molecule has 5 nitrogen and oxygen atoms in total. The lowest BCUT2D eigenvalue weighted by atomic mass is 10.1. The number of hydrogen-bond donors (Lipinski definition) is 4. The second-order valence-electron chi connectivity index (χ2n) is 7.10. The van der Waals surface area contributed by atoms with Gasteiger partial charge in [-0.25, -0.2) is 0 Å². The van der Waals surface area contributed by atoms with Gasteiger partial charge < -0.3 is 20.6 Å². The predicted molar refractivity (Wildman–Crippen MR) is 118 cm³/mol. The van der Waals surface area contributed by atoms with Crippen molar-refractivity contribution in [1.29, 1.82) is 0 Å². The zero-order chi connectivity index (χ0) is 19.3. The molecule has 0 bridgehead atoms. The van der Waals surface area contributed by atoms with E-state index in [9.17, 15) is 0 Å². The van der Waals surface area contributed by atoms with Crippen LogP contribution in [0.2, 0.25) is 0 Å². The van der Waals surface area contributed by atoms with Crippen LogP contribution in [0, 0.1) is 6.92 Å². The van der Waals surface area contributed by atoms with Crippen molar-refractivity contribution in [3.63, 3.8) is 0 Å². The van der Waals surface area contributed by atoms with Crippen LogP contribution in [0.3, 0.4) is 0 Å². The summed E-state index contributed by atoms with van der Waals surface area (Å²) in [5, 5.41) is 9.44. The summed E-state index contributed by atoms with van der Waals surface area (Å²) >= 11 is 0. The van der Waals surface area contributed by atoms with Crippen molar-refractivity contribution in [3.8, 4) is 0 Å². The minimum absolute atomic E-state index is 0.841. The Morgan fingerprint density at radius 3 is 2.32 bits per heavy atom. The van der Waals surface area contributed by atoms with Crippen LogP contribution in [-0.4, -0.2) is 36.1 Å². The highest BCUT2D eigenvalue weighted by molar-refractivity contribution is 5.86. The summed E-state index contributed by atoms with van der Waals surface area (Å²) in [5.74, 6) is 0.843. The van der Waals surface area contributed by atoms with Crippen molar-refractivity contribution in [2.24, 2.45) is 4.99 Å². The minimum atomic E-state index is 0.841. The van der Waals surface area contributed by atoms with Gasteiger partial charge in [0.2, 0.25) is 0 Å². The van der Waals surface area contributed by atoms with E-state index in [0.29, 0.717) is 0 Å². The Hall–Kier alpha value is -3.21. The van der Waals surface area contributed by atoms with E-state index in [0.717, 1.165) is 31.9 Å². The number of nitrogens with one attached hydrogen (secondary N) is 4. The fraction of sp³-hybridized carbons (Fsp3) is 0.261. The molecule has 2 aromatic heterocycles. The number of aliphatic imine (C=N–C) groups is 1. The number of benzene rings is 2. The lowest BCUT2D eigenvalue weighted by Gasteiger charge is -2.11. The average Bonchev–Trinajstić information content (AvgIpc) is 3.32. The van der Waals surface area contributed by atoms with E-state index in [2.05, 4.69) is 87.4 Å². The number of guanidine groups is 1.